The van der Waals surface area contributed by atoms with Crippen LogP contribution in [0.2, 0.25) is 0 Å². The van der Waals surface area contributed by atoms with Gasteiger partial charge >= 0.3 is 5.97 Å². The second-order valence-corrected chi connectivity index (χ2v) is 7.21. The first-order valence-electron chi connectivity index (χ1n) is 9.22. The Hall–Kier alpha value is -3.42. The van der Waals surface area contributed by atoms with E-state index in [0.717, 1.165) is 11.1 Å². The highest BCUT2D eigenvalue weighted by Gasteiger charge is 2.48. The molecule has 0 radical (unpaired) electrons. The van der Waals surface area contributed by atoms with Crippen LogP contribution in [-0.4, -0.2) is 51.4 Å². The molecule has 8 nitrogen and oxygen atoms in total. The number of amides is 2. The van der Waals surface area contributed by atoms with Crippen molar-refractivity contribution in [3.8, 4) is 0 Å². The molecule has 152 valence electrons. The Balaban J connectivity index is 1.89. The fraction of sp³-hybridized carbons (Fsp3) is 0.333. The van der Waals surface area contributed by atoms with E-state index in [9.17, 15) is 14.4 Å². The first-order chi connectivity index (χ1) is 13.8. The van der Waals surface area contributed by atoms with Crippen molar-refractivity contribution in [2.24, 2.45) is 0 Å². The molecule has 0 bridgehead atoms. The summed E-state index contributed by atoms with van der Waals surface area (Å²) < 4.78 is 6.24. The summed E-state index contributed by atoms with van der Waals surface area (Å²) >= 11 is 0. The summed E-state index contributed by atoms with van der Waals surface area (Å²) in [6.07, 6.45) is 2.93. The number of rotatable bonds is 6. The van der Waals surface area contributed by atoms with Gasteiger partial charge in [0, 0.05) is 13.1 Å². The minimum Gasteiger partial charge on any atom is -0.464 e. The van der Waals surface area contributed by atoms with E-state index >= 15 is 0 Å². The Bertz CT molecular complexity index is 964. The lowest BCUT2D eigenvalue weighted by Crippen LogP contribution is -2.64. The Labute approximate surface area is 169 Å². The second kappa shape index (κ2) is 7.90. The fourth-order valence-corrected chi connectivity index (χ4v) is 3.43. The molecule has 0 fully saturated rings. The average molecular weight is 396 g/mol. The number of carbonyl (C=O) groups is 3. The smallest absolute Gasteiger partial charge is 0.359 e. The van der Waals surface area contributed by atoms with Crippen LogP contribution in [0.4, 0.5) is 0 Å². The standard InChI is InChI=1S/C21H24N4O4/c1-5-10-25-18(26)17-16(19(27)29-4)23-13-24(17)12-21(25,3)20(28)22-11-15-8-6-14(2)7-9-15/h5-9,13H,1,10-12H2,2-4H3,(H,22,28). The summed E-state index contributed by atoms with van der Waals surface area (Å²) in [6.45, 7) is 8.04. The number of fused-ring (bicyclic) bond motifs is 1. The maximum Gasteiger partial charge on any atom is 0.359 e. The van der Waals surface area contributed by atoms with Crippen molar-refractivity contribution < 1.29 is 19.1 Å². The number of aromatic nitrogens is 2. The van der Waals surface area contributed by atoms with Gasteiger partial charge in [0.25, 0.3) is 5.91 Å². The van der Waals surface area contributed by atoms with Gasteiger partial charge in [0.05, 0.1) is 20.0 Å². The Morgan fingerprint density at radius 2 is 2.03 bits per heavy atom. The van der Waals surface area contributed by atoms with Crippen LogP contribution in [0.1, 0.15) is 39.0 Å². The molecule has 1 aliphatic rings. The molecule has 0 aliphatic carbocycles. The van der Waals surface area contributed by atoms with Crippen LogP contribution in [0.15, 0.2) is 43.2 Å². The normalized spacial score (nSPS) is 18.2. The van der Waals surface area contributed by atoms with Gasteiger partial charge in [-0.2, -0.15) is 0 Å². The summed E-state index contributed by atoms with van der Waals surface area (Å²) in [7, 11) is 1.23. The largest absolute Gasteiger partial charge is 0.464 e. The summed E-state index contributed by atoms with van der Waals surface area (Å²) in [5.74, 6) is -1.47. The van der Waals surface area contributed by atoms with E-state index in [2.05, 4.69) is 16.9 Å². The van der Waals surface area contributed by atoms with Gasteiger partial charge < -0.3 is 19.5 Å². The van der Waals surface area contributed by atoms with Crippen molar-refractivity contribution in [2.45, 2.75) is 32.5 Å². The zero-order valence-corrected chi connectivity index (χ0v) is 16.8. The number of imidazole rings is 1. The van der Waals surface area contributed by atoms with Crippen LogP contribution in [-0.2, 0) is 22.6 Å². The van der Waals surface area contributed by atoms with Crippen molar-refractivity contribution in [1.29, 1.82) is 0 Å². The number of esters is 1. The van der Waals surface area contributed by atoms with Gasteiger partial charge in [0.15, 0.2) is 5.69 Å². The molecular formula is C21H24N4O4. The average Bonchev–Trinajstić information content (AvgIpc) is 3.13. The molecule has 0 saturated carbocycles. The van der Waals surface area contributed by atoms with Gasteiger partial charge in [-0.3, -0.25) is 9.59 Å². The highest BCUT2D eigenvalue weighted by Crippen LogP contribution is 2.29. The van der Waals surface area contributed by atoms with Crippen LogP contribution in [0.5, 0.6) is 0 Å². The molecule has 1 aromatic heterocycles. The van der Waals surface area contributed by atoms with Crippen molar-refractivity contribution in [2.75, 3.05) is 13.7 Å². The van der Waals surface area contributed by atoms with Crippen LogP contribution in [0.3, 0.4) is 0 Å². The SMILES string of the molecule is C=CCN1C(=O)c2c(C(=O)OC)ncn2CC1(C)C(=O)NCc1ccc(C)cc1. The molecule has 1 N–H and O–H groups in total. The van der Waals surface area contributed by atoms with E-state index in [1.165, 1.54) is 22.9 Å². The number of methoxy groups -OCH3 is 1. The number of nitrogens with one attached hydrogen (secondary N) is 1. The van der Waals surface area contributed by atoms with E-state index < -0.39 is 17.4 Å². The molecule has 1 aliphatic heterocycles. The number of carbonyl (C=O) groups excluding carboxylic acids is 3. The number of nitrogens with zero attached hydrogens (tertiary/aromatic N) is 3. The highest BCUT2D eigenvalue weighted by molar-refractivity contribution is 6.06. The minimum absolute atomic E-state index is 0.0614. The predicted molar refractivity (Wildman–Crippen MR) is 106 cm³/mol. The van der Waals surface area contributed by atoms with E-state index in [-0.39, 0.29) is 30.4 Å². The highest BCUT2D eigenvalue weighted by atomic mass is 16.5. The zero-order valence-electron chi connectivity index (χ0n) is 16.8. The molecule has 2 aromatic rings. The Morgan fingerprint density at radius 3 is 2.66 bits per heavy atom. The molecule has 8 heteroatoms. The molecule has 3 rings (SSSR count). The lowest BCUT2D eigenvalue weighted by Gasteiger charge is -2.43. The minimum atomic E-state index is -1.17. The summed E-state index contributed by atoms with van der Waals surface area (Å²) in [5.41, 5.74) is 0.977. The topological polar surface area (TPSA) is 93.5 Å². The van der Waals surface area contributed by atoms with E-state index in [1.54, 1.807) is 13.0 Å². The van der Waals surface area contributed by atoms with Gasteiger partial charge in [-0.1, -0.05) is 35.9 Å². The maximum absolute atomic E-state index is 13.2. The number of ether oxygens (including phenoxy) is 1. The summed E-state index contributed by atoms with van der Waals surface area (Å²) in [6, 6.07) is 7.84. The molecule has 1 atom stereocenters. The molecule has 2 amide bonds. The van der Waals surface area contributed by atoms with Crippen LogP contribution in [0, 0.1) is 6.92 Å². The first kappa shape index (κ1) is 20.3. The van der Waals surface area contributed by atoms with Gasteiger partial charge in [-0.15, -0.1) is 6.58 Å². The van der Waals surface area contributed by atoms with Crippen LogP contribution in [0.25, 0.3) is 0 Å². The Morgan fingerprint density at radius 1 is 1.34 bits per heavy atom. The van der Waals surface area contributed by atoms with E-state index in [0.29, 0.717) is 6.54 Å². The van der Waals surface area contributed by atoms with E-state index in [1.807, 2.05) is 31.2 Å². The van der Waals surface area contributed by atoms with Crippen molar-refractivity contribution >= 4 is 17.8 Å². The van der Waals surface area contributed by atoms with E-state index in [4.69, 9.17) is 4.74 Å². The van der Waals surface area contributed by atoms with Crippen LogP contribution < -0.4 is 5.32 Å². The monoisotopic (exact) mass is 396 g/mol. The molecular weight excluding hydrogens is 372 g/mol. The number of hydrogen-bond acceptors (Lipinski definition) is 5. The zero-order chi connectivity index (χ0) is 21.2. The first-order valence-corrected chi connectivity index (χ1v) is 9.22. The van der Waals surface area contributed by atoms with Crippen molar-refractivity contribution in [3.63, 3.8) is 0 Å². The molecule has 1 aromatic carbocycles. The predicted octanol–water partition coefficient (Wildman–Crippen LogP) is 1.70. The lowest BCUT2D eigenvalue weighted by atomic mass is 9.94. The third-order valence-electron chi connectivity index (χ3n) is 5.11. The molecule has 0 saturated heterocycles. The molecule has 1 unspecified atom stereocenters. The maximum atomic E-state index is 13.2. The van der Waals surface area contributed by atoms with Crippen LogP contribution >= 0.6 is 0 Å². The quantitative estimate of drug-likeness (QED) is 0.593. The second-order valence-electron chi connectivity index (χ2n) is 7.21. The van der Waals surface area contributed by atoms with Crippen molar-refractivity contribution in [3.05, 3.63) is 65.8 Å². The number of aryl methyl sites for hydroxylation is 1. The molecule has 2 heterocycles. The number of benzene rings is 1. The number of hydrogen-bond donors (Lipinski definition) is 1. The fourth-order valence-electron chi connectivity index (χ4n) is 3.43. The Kier molecular flexibility index (Phi) is 5.54. The summed E-state index contributed by atoms with van der Waals surface area (Å²) in [5, 5.41) is 2.92. The van der Waals surface area contributed by atoms with Gasteiger partial charge in [0.2, 0.25) is 5.91 Å². The van der Waals surface area contributed by atoms with Gasteiger partial charge in [-0.05, 0) is 19.4 Å². The third kappa shape index (κ3) is 3.65. The summed E-state index contributed by atoms with van der Waals surface area (Å²) in [4.78, 5) is 43.7. The van der Waals surface area contributed by atoms with Crippen molar-refractivity contribution in [1.82, 2.24) is 19.8 Å². The van der Waals surface area contributed by atoms with Gasteiger partial charge in [0.1, 0.15) is 11.2 Å². The van der Waals surface area contributed by atoms with Gasteiger partial charge in [-0.25, -0.2) is 9.78 Å². The lowest BCUT2D eigenvalue weighted by molar-refractivity contribution is -0.132. The third-order valence-corrected chi connectivity index (χ3v) is 5.11. The molecule has 29 heavy (non-hydrogen) atoms. The molecule has 0 spiro atoms.